The molecule has 0 spiro atoms. The Hall–Kier alpha value is -3.43. The monoisotopic (exact) mass is 448 g/mol. The Kier molecular flexibility index (Phi) is 5.62. The molecule has 10 heteroatoms. The molecule has 3 aromatic rings. The number of hydrogen-bond acceptors (Lipinski definition) is 4. The molecular formula is C22H20F4N4O2. The molecule has 0 aliphatic carbocycles. The first-order valence-electron chi connectivity index (χ1n) is 10.1. The summed E-state index contributed by atoms with van der Waals surface area (Å²) in [4.78, 5) is 22.2. The van der Waals surface area contributed by atoms with Crippen LogP contribution in [0.15, 0.2) is 36.5 Å². The van der Waals surface area contributed by atoms with Crippen LogP contribution in [0.5, 0.6) is 11.6 Å². The molecule has 0 radical (unpaired) electrons. The molecule has 1 aliphatic rings. The molecular weight excluding hydrogens is 428 g/mol. The molecule has 0 unspecified atom stereocenters. The Morgan fingerprint density at radius 3 is 2.69 bits per heavy atom. The Labute approximate surface area is 181 Å². The van der Waals surface area contributed by atoms with Gasteiger partial charge in [-0.1, -0.05) is 13.3 Å². The lowest BCUT2D eigenvalue weighted by atomic mass is 10.1. The number of aryl methyl sites for hydroxylation is 1. The first-order chi connectivity index (χ1) is 15.2. The Bertz CT molecular complexity index is 1170. The second-order valence-electron chi connectivity index (χ2n) is 7.46. The van der Waals surface area contributed by atoms with Crippen LogP contribution < -0.4 is 4.74 Å². The maximum atomic E-state index is 14.8. The highest BCUT2D eigenvalue weighted by atomic mass is 19.4. The summed E-state index contributed by atoms with van der Waals surface area (Å²) in [5.41, 5.74) is 0.471. The fraction of sp³-hybridized carbons (Fsp3) is 0.318. The van der Waals surface area contributed by atoms with Crippen LogP contribution in [-0.2, 0) is 12.8 Å². The first kappa shape index (κ1) is 21.8. The lowest BCUT2D eigenvalue weighted by molar-refractivity contribution is -0.138. The van der Waals surface area contributed by atoms with Gasteiger partial charge in [-0.05, 0) is 43.7 Å². The number of aromatic nitrogens is 3. The first-order valence-corrected chi connectivity index (χ1v) is 10.1. The van der Waals surface area contributed by atoms with E-state index in [0.29, 0.717) is 30.2 Å². The van der Waals surface area contributed by atoms with E-state index >= 15 is 0 Å². The largest absolute Gasteiger partial charge is 0.435 e. The number of ether oxygens (including phenoxy) is 1. The maximum absolute atomic E-state index is 14.8. The molecule has 1 amide bonds. The number of benzene rings is 1. The molecule has 6 nitrogen and oxygen atoms in total. The van der Waals surface area contributed by atoms with Crippen molar-refractivity contribution in [2.45, 2.75) is 39.5 Å². The average Bonchev–Trinajstić information content (AvgIpc) is 3.22. The highest BCUT2D eigenvalue weighted by Gasteiger charge is 2.36. The number of hydrogen-bond donors (Lipinski definition) is 0. The SMILES string of the molecule is CCCCN1Cn2c(nc(C)c2-c2ccc(Oc3ncccc3C(F)(F)F)c(F)c2)C1=O. The highest BCUT2D eigenvalue weighted by molar-refractivity contribution is 5.94. The number of pyridine rings is 1. The third-order valence-electron chi connectivity index (χ3n) is 5.20. The van der Waals surface area contributed by atoms with Crippen LogP contribution in [0.3, 0.4) is 0 Å². The van der Waals surface area contributed by atoms with E-state index in [0.717, 1.165) is 37.2 Å². The molecule has 1 aliphatic heterocycles. The third-order valence-corrected chi connectivity index (χ3v) is 5.20. The number of alkyl halides is 3. The minimum atomic E-state index is -4.69. The van der Waals surface area contributed by atoms with Crippen LogP contribution in [0.25, 0.3) is 11.3 Å². The predicted molar refractivity (Wildman–Crippen MR) is 108 cm³/mol. The van der Waals surface area contributed by atoms with E-state index in [1.807, 2.05) is 6.92 Å². The van der Waals surface area contributed by atoms with Gasteiger partial charge in [0.25, 0.3) is 5.91 Å². The minimum Gasteiger partial charge on any atom is -0.435 e. The number of fused-ring (bicyclic) bond motifs is 1. The predicted octanol–water partition coefficient (Wildman–Crippen LogP) is 5.42. The zero-order chi connectivity index (χ0) is 23.0. The summed E-state index contributed by atoms with van der Waals surface area (Å²) in [6, 6.07) is 5.86. The minimum absolute atomic E-state index is 0.178. The van der Waals surface area contributed by atoms with Crippen LogP contribution in [0.2, 0.25) is 0 Å². The lowest BCUT2D eigenvalue weighted by Gasteiger charge is -2.16. The van der Waals surface area contributed by atoms with E-state index in [2.05, 4.69) is 9.97 Å². The number of halogens is 4. The van der Waals surface area contributed by atoms with Crippen molar-refractivity contribution >= 4 is 5.91 Å². The van der Waals surface area contributed by atoms with Crippen molar-refractivity contribution in [1.29, 1.82) is 0 Å². The van der Waals surface area contributed by atoms with Crippen molar-refractivity contribution < 1.29 is 27.1 Å². The standard InChI is InChI=1S/C22H20F4N4O2/c1-3-4-10-29-12-30-18(13(2)28-19(30)21(29)31)14-7-8-17(16(23)11-14)32-20-15(22(24,25)26)6-5-9-27-20/h5-9,11H,3-4,10,12H2,1-2H3. The fourth-order valence-electron chi connectivity index (χ4n) is 3.66. The third kappa shape index (κ3) is 3.92. The maximum Gasteiger partial charge on any atom is 0.421 e. The van der Waals surface area contributed by atoms with Crippen LogP contribution in [0.4, 0.5) is 17.6 Å². The number of nitrogens with zero attached hydrogens (tertiary/aromatic N) is 4. The van der Waals surface area contributed by atoms with Crippen molar-refractivity contribution in [3.05, 3.63) is 59.4 Å². The smallest absolute Gasteiger partial charge is 0.421 e. The van der Waals surface area contributed by atoms with E-state index in [4.69, 9.17) is 4.74 Å². The molecule has 0 saturated heterocycles. The Morgan fingerprint density at radius 2 is 2.00 bits per heavy atom. The van der Waals surface area contributed by atoms with Crippen molar-refractivity contribution in [1.82, 2.24) is 19.4 Å². The zero-order valence-electron chi connectivity index (χ0n) is 17.4. The van der Waals surface area contributed by atoms with Crippen LogP contribution in [0, 0.1) is 12.7 Å². The van der Waals surface area contributed by atoms with Gasteiger partial charge in [-0.3, -0.25) is 4.79 Å². The molecule has 0 fully saturated rings. The quantitative estimate of drug-likeness (QED) is 0.473. The summed E-state index contributed by atoms with van der Waals surface area (Å²) in [5.74, 6) is -1.87. The van der Waals surface area contributed by atoms with E-state index in [1.165, 1.54) is 12.1 Å². The molecule has 0 bridgehead atoms. The number of amides is 1. The van der Waals surface area contributed by atoms with Gasteiger partial charge < -0.3 is 14.2 Å². The zero-order valence-corrected chi connectivity index (χ0v) is 17.4. The summed E-state index contributed by atoms with van der Waals surface area (Å²) in [6.45, 7) is 4.66. The summed E-state index contributed by atoms with van der Waals surface area (Å²) in [5, 5.41) is 0. The summed E-state index contributed by atoms with van der Waals surface area (Å²) >= 11 is 0. The second kappa shape index (κ2) is 8.25. The average molecular weight is 448 g/mol. The number of rotatable bonds is 6. The number of carbonyl (C=O) groups excluding carboxylic acids is 1. The molecule has 0 atom stereocenters. The summed E-state index contributed by atoms with van der Waals surface area (Å²) in [7, 11) is 0. The summed E-state index contributed by atoms with van der Waals surface area (Å²) in [6.07, 6.45) is -1.75. The van der Waals surface area contributed by atoms with Gasteiger partial charge in [0.2, 0.25) is 11.7 Å². The van der Waals surface area contributed by atoms with Gasteiger partial charge in [0.1, 0.15) is 5.56 Å². The van der Waals surface area contributed by atoms with Crippen molar-refractivity contribution in [2.75, 3.05) is 6.54 Å². The number of carbonyl (C=O) groups is 1. The molecule has 1 aromatic carbocycles. The van der Waals surface area contributed by atoms with Gasteiger partial charge in [0, 0.05) is 18.3 Å². The molecule has 168 valence electrons. The molecule has 4 rings (SSSR count). The summed E-state index contributed by atoms with van der Waals surface area (Å²) < 4.78 is 61.2. The fourth-order valence-corrected chi connectivity index (χ4v) is 3.66. The van der Waals surface area contributed by atoms with Crippen molar-refractivity contribution in [2.24, 2.45) is 0 Å². The van der Waals surface area contributed by atoms with Crippen molar-refractivity contribution in [3.8, 4) is 22.9 Å². The lowest BCUT2D eigenvalue weighted by Crippen LogP contribution is -2.26. The van der Waals surface area contributed by atoms with Crippen molar-refractivity contribution in [3.63, 3.8) is 0 Å². The Balaban J connectivity index is 1.64. The highest BCUT2D eigenvalue weighted by Crippen LogP contribution is 2.38. The van der Waals surface area contributed by atoms with Crippen LogP contribution in [-0.4, -0.2) is 31.9 Å². The number of unbranched alkanes of at least 4 members (excludes halogenated alkanes) is 1. The van der Waals surface area contributed by atoms with Crippen LogP contribution >= 0.6 is 0 Å². The van der Waals surface area contributed by atoms with E-state index in [9.17, 15) is 22.4 Å². The van der Waals surface area contributed by atoms with Gasteiger partial charge in [0.15, 0.2) is 11.6 Å². The molecule has 3 heterocycles. The second-order valence-corrected chi connectivity index (χ2v) is 7.46. The topological polar surface area (TPSA) is 60.3 Å². The molecule has 0 saturated carbocycles. The van der Waals surface area contributed by atoms with Crippen LogP contribution in [0.1, 0.15) is 41.6 Å². The van der Waals surface area contributed by atoms with Gasteiger partial charge in [-0.2, -0.15) is 13.2 Å². The van der Waals surface area contributed by atoms with E-state index < -0.39 is 29.2 Å². The number of imidazole rings is 1. The van der Waals surface area contributed by atoms with E-state index in [1.54, 1.807) is 16.4 Å². The Morgan fingerprint density at radius 1 is 1.22 bits per heavy atom. The molecule has 2 aromatic heterocycles. The molecule has 0 N–H and O–H groups in total. The van der Waals surface area contributed by atoms with E-state index in [-0.39, 0.29) is 11.7 Å². The normalized spacial score (nSPS) is 13.6. The van der Waals surface area contributed by atoms with Gasteiger partial charge in [-0.25, -0.2) is 14.4 Å². The van der Waals surface area contributed by atoms with Gasteiger partial charge in [-0.15, -0.1) is 0 Å². The van der Waals surface area contributed by atoms with Gasteiger partial charge in [0.05, 0.1) is 18.1 Å². The molecule has 32 heavy (non-hydrogen) atoms. The van der Waals surface area contributed by atoms with Gasteiger partial charge >= 0.3 is 6.18 Å².